The zero-order chi connectivity index (χ0) is 19.1. The Morgan fingerprint density at radius 1 is 1.00 bits per heavy atom. The van der Waals surface area contributed by atoms with E-state index in [0.717, 1.165) is 24.8 Å². The van der Waals surface area contributed by atoms with Crippen molar-refractivity contribution in [1.82, 2.24) is 5.32 Å². The third-order valence-corrected chi connectivity index (χ3v) is 5.15. The minimum atomic E-state index is -0.778. The van der Waals surface area contributed by atoms with Crippen molar-refractivity contribution in [1.29, 1.82) is 0 Å². The Kier molecular flexibility index (Phi) is 6.22. The predicted octanol–water partition coefficient (Wildman–Crippen LogP) is 3.89. The lowest BCUT2D eigenvalue weighted by Crippen LogP contribution is -2.47. The van der Waals surface area contributed by atoms with Crippen molar-refractivity contribution in [3.8, 4) is 0 Å². The topological polar surface area (TPSA) is 55.4 Å². The summed E-state index contributed by atoms with van der Waals surface area (Å²) in [6.07, 6.45) is 4.18. The van der Waals surface area contributed by atoms with Crippen LogP contribution in [-0.2, 0) is 26.3 Å². The third kappa shape index (κ3) is 4.73. The summed E-state index contributed by atoms with van der Waals surface area (Å²) < 4.78 is 18.9. The molecule has 0 heterocycles. The van der Waals surface area contributed by atoms with Crippen molar-refractivity contribution in [3.63, 3.8) is 0 Å². The molecule has 3 rings (SSSR count). The molecule has 4 nitrogen and oxygen atoms in total. The van der Waals surface area contributed by atoms with E-state index in [1.165, 1.54) is 12.1 Å². The second-order valence-electron chi connectivity index (χ2n) is 6.98. The molecule has 0 unspecified atom stereocenters. The summed E-state index contributed by atoms with van der Waals surface area (Å²) in [6.45, 7) is -0.0205. The van der Waals surface area contributed by atoms with Crippen LogP contribution in [0.2, 0.25) is 0 Å². The molecule has 27 heavy (non-hydrogen) atoms. The number of hydrogen-bond acceptors (Lipinski definition) is 3. The van der Waals surface area contributed by atoms with Crippen molar-refractivity contribution < 1.29 is 18.7 Å². The van der Waals surface area contributed by atoms with E-state index in [9.17, 15) is 14.0 Å². The molecule has 2 aromatic carbocycles. The predicted molar refractivity (Wildman–Crippen MR) is 100 cm³/mol. The Labute approximate surface area is 158 Å². The molecule has 1 aliphatic rings. The van der Waals surface area contributed by atoms with Crippen LogP contribution in [0.5, 0.6) is 0 Å². The van der Waals surface area contributed by atoms with Crippen LogP contribution in [0.1, 0.15) is 43.2 Å². The summed E-state index contributed by atoms with van der Waals surface area (Å²) in [5, 5.41) is 2.71. The van der Waals surface area contributed by atoms with E-state index in [-0.39, 0.29) is 24.9 Å². The van der Waals surface area contributed by atoms with Gasteiger partial charge in [-0.3, -0.25) is 9.59 Å². The molecule has 142 valence electrons. The first kappa shape index (κ1) is 19.1. The highest BCUT2D eigenvalue weighted by Crippen LogP contribution is 2.39. The Balaban J connectivity index is 1.62. The van der Waals surface area contributed by atoms with E-state index in [1.807, 2.05) is 30.3 Å². The fraction of sp³-hybridized carbons (Fsp3) is 0.364. The summed E-state index contributed by atoms with van der Waals surface area (Å²) in [5.41, 5.74) is 0.790. The van der Waals surface area contributed by atoms with Crippen LogP contribution in [0.15, 0.2) is 54.6 Å². The molecule has 0 bridgehead atoms. The van der Waals surface area contributed by atoms with Gasteiger partial charge in [0.25, 0.3) is 0 Å². The van der Waals surface area contributed by atoms with Gasteiger partial charge in [-0.2, -0.15) is 0 Å². The maximum Gasteiger partial charge on any atom is 0.325 e. The number of esters is 1. The third-order valence-electron chi connectivity index (χ3n) is 5.15. The van der Waals surface area contributed by atoms with Gasteiger partial charge in [-0.25, -0.2) is 4.39 Å². The molecule has 1 saturated carbocycles. The molecule has 1 N–H and O–H groups in total. The molecule has 0 aliphatic heterocycles. The van der Waals surface area contributed by atoms with Gasteiger partial charge < -0.3 is 10.1 Å². The smallest absolute Gasteiger partial charge is 0.325 e. The van der Waals surface area contributed by atoms with E-state index in [1.54, 1.807) is 12.1 Å². The van der Waals surface area contributed by atoms with E-state index in [4.69, 9.17) is 4.74 Å². The van der Waals surface area contributed by atoms with Crippen LogP contribution in [-0.4, -0.2) is 18.4 Å². The SMILES string of the molecule is O=C(CNC(=O)C1(c2cccc(F)c2)CCCCC1)OCc1ccccc1. The number of ether oxygens (including phenoxy) is 1. The Bertz CT molecular complexity index is 785. The van der Waals surface area contributed by atoms with Gasteiger partial charge in [0.2, 0.25) is 5.91 Å². The molecule has 1 fully saturated rings. The maximum atomic E-state index is 13.7. The number of carbonyl (C=O) groups excluding carboxylic acids is 2. The van der Waals surface area contributed by atoms with Crippen LogP contribution in [0.4, 0.5) is 4.39 Å². The van der Waals surface area contributed by atoms with Crippen molar-refractivity contribution in [2.24, 2.45) is 0 Å². The lowest BCUT2D eigenvalue weighted by Gasteiger charge is -2.36. The quantitative estimate of drug-likeness (QED) is 0.786. The number of amides is 1. The van der Waals surface area contributed by atoms with Gasteiger partial charge in [0.15, 0.2) is 0 Å². The van der Waals surface area contributed by atoms with Crippen molar-refractivity contribution in [3.05, 3.63) is 71.5 Å². The van der Waals surface area contributed by atoms with Gasteiger partial charge in [0, 0.05) is 0 Å². The standard InChI is InChI=1S/C22H24FNO3/c23-19-11-7-10-18(14-19)22(12-5-2-6-13-22)21(26)24-15-20(25)27-16-17-8-3-1-4-9-17/h1,3-4,7-11,14H,2,5-6,12-13,15-16H2,(H,24,26). The van der Waals surface area contributed by atoms with Gasteiger partial charge in [-0.15, -0.1) is 0 Å². The average molecular weight is 369 g/mol. The highest BCUT2D eigenvalue weighted by atomic mass is 19.1. The molecular weight excluding hydrogens is 345 g/mol. The fourth-order valence-corrected chi connectivity index (χ4v) is 3.70. The molecule has 0 atom stereocenters. The molecular formula is C22H24FNO3. The van der Waals surface area contributed by atoms with Gasteiger partial charge in [-0.05, 0) is 36.1 Å². The molecule has 0 saturated heterocycles. The first-order valence-corrected chi connectivity index (χ1v) is 9.34. The number of benzene rings is 2. The number of hydrogen-bond donors (Lipinski definition) is 1. The molecule has 5 heteroatoms. The number of nitrogens with one attached hydrogen (secondary N) is 1. The molecule has 2 aromatic rings. The van der Waals surface area contributed by atoms with Gasteiger partial charge in [-0.1, -0.05) is 61.7 Å². The minimum absolute atomic E-state index is 0.171. The zero-order valence-electron chi connectivity index (χ0n) is 15.2. The van der Waals surface area contributed by atoms with Crippen molar-refractivity contribution in [2.75, 3.05) is 6.54 Å². The maximum absolute atomic E-state index is 13.7. The van der Waals surface area contributed by atoms with Crippen LogP contribution in [0, 0.1) is 5.82 Å². The molecule has 0 spiro atoms. The molecule has 1 aliphatic carbocycles. The highest BCUT2D eigenvalue weighted by molar-refractivity contribution is 5.90. The second kappa shape index (κ2) is 8.80. The summed E-state index contributed by atoms with van der Waals surface area (Å²) in [7, 11) is 0. The van der Waals surface area contributed by atoms with Crippen LogP contribution in [0.3, 0.4) is 0 Å². The first-order chi connectivity index (χ1) is 13.1. The van der Waals surface area contributed by atoms with Gasteiger partial charge >= 0.3 is 5.97 Å². The minimum Gasteiger partial charge on any atom is -0.460 e. The Hall–Kier alpha value is -2.69. The summed E-state index contributed by atoms with van der Waals surface area (Å²) in [4.78, 5) is 25.0. The number of carbonyl (C=O) groups is 2. The lowest BCUT2D eigenvalue weighted by atomic mass is 9.68. The second-order valence-corrected chi connectivity index (χ2v) is 6.98. The normalized spacial score (nSPS) is 15.7. The van der Waals surface area contributed by atoms with E-state index < -0.39 is 11.4 Å². The largest absolute Gasteiger partial charge is 0.460 e. The van der Waals surface area contributed by atoms with Gasteiger partial charge in [0.1, 0.15) is 19.0 Å². The number of halogens is 1. The first-order valence-electron chi connectivity index (χ1n) is 9.34. The van der Waals surface area contributed by atoms with E-state index in [0.29, 0.717) is 18.4 Å². The lowest BCUT2D eigenvalue weighted by molar-refractivity contribution is -0.145. The van der Waals surface area contributed by atoms with Crippen LogP contribution < -0.4 is 5.32 Å². The molecule has 1 amide bonds. The molecule has 0 aromatic heterocycles. The van der Waals surface area contributed by atoms with E-state index in [2.05, 4.69) is 5.32 Å². The average Bonchev–Trinajstić information content (AvgIpc) is 2.71. The molecule has 0 radical (unpaired) electrons. The summed E-state index contributed by atoms with van der Waals surface area (Å²) in [5.74, 6) is -1.07. The zero-order valence-corrected chi connectivity index (χ0v) is 15.2. The van der Waals surface area contributed by atoms with Gasteiger partial charge in [0.05, 0.1) is 5.41 Å². The van der Waals surface area contributed by atoms with Crippen LogP contribution in [0.25, 0.3) is 0 Å². The van der Waals surface area contributed by atoms with Crippen LogP contribution >= 0.6 is 0 Å². The monoisotopic (exact) mass is 369 g/mol. The van der Waals surface area contributed by atoms with Crippen molar-refractivity contribution in [2.45, 2.75) is 44.1 Å². The van der Waals surface area contributed by atoms with E-state index >= 15 is 0 Å². The fourth-order valence-electron chi connectivity index (χ4n) is 3.70. The summed E-state index contributed by atoms with van der Waals surface area (Å²) in [6, 6.07) is 15.6. The Morgan fingerprint density at radius 3 is 2.44 bits per heavy atom. The Morgan fingerprint density at radius 2 is 1.74 bits per heavy atom. The number of rotatable bonds is 6. The van der Waals surface area contributed by atoms with Crippen molar-refractivity contribution >= 4 is 11.9 Å². The highest BCUT2D eigenvalue weighted by Gasteiger charge is 2.41. The summed E-state index contributed by atoms with van der Waals surface area (Å²) >= 11 is 0.